The van der Waals surface area contributed by atoms with E-state index in [1.54, 1.807) is 11.3 Å². The Morgan fingerprint density at radius 1 is 1.47 bits per heavy atom. The number of aromatic nitrogens is 3. The molecule has 2 heterocycles. The molecule has 0 amide bonds. The molecule has 0 atom stereocenters. The van der Waals surface area contributed by atoms with E-state index in [4.69, 9.17) is 0 Å². The molecular formula is C12H18N4S. The highest BCUT2D eigenvalue weighted by atomic mass is 32.1. The average molecular weight is 250 g/mol. The second-order valence-electron chi connectivity index (χ2n) is 3.90. The fourth-order valence-electron chi connectivity index (χ4n) is 1.61. The van der Waals surface area contributed by atoms with Crippen LogP contribution in [0.2, 0.25) is 0 Å². The lowest BCUT2D eigenvalue weighted by Gasteiger charge is -2.03. The van der Waals surface area contributed by atoms with E-state index in [0.29, 0.717) is 0 Å². The molecule has 92 valence electrons. The smallest absolute Gasteiger partial charge is 0.0945 e. The van der Waals surface area contributed by atoms with Crippen LogP contribution in [0, 0.1) is 0 Å². The fourth-order valence-corrected chi connectivity index (χ4v) is 2.44. The van der Waals surface area contributed by atoms with Crippen LogP contribution >= 0.6 is 11.3 Å². The molecule has 0 saturated heterocycles. The molecule has 0 radical (unpaired) electrons. The molecule has 5 heteroatoms. The highest BCUT2D eigenvalue weighted by Gasteiger charge is 1.99. The van der Waals surface area contributed by atoms with E-state index in [2.05, 4.69) is 26.8 Å². The molecule has 0 saturated carbocycles. The second-order valence-corrected chi connectivity index (χ2v) is 5.10. The van der Waals surface area contributed by atoms with E-state index in [1.165, 1.54) is 9.88 Å². The largest absolute Gasteiger partial charge is 0.337 e. The van der Waals surface area contributed by atoms with Gasteiger partial charge >= 0.3 is 0 Å². The molecule has 2 aromatic heterocycles. The summed E-state index contributed by atoms with van der Waals surface area (Å²) in [4.78, 5) is 9.68. The Morgan fingerprint density at radius 2 is 2.41 bits per heavy atom. The number of nitrogens with one attached hydrogen (secondary N) is 1. The summed E-state index contributed by atoms with van der Waals surface area (Å²) in [5.74, 6) is 0. The predicted molar refractivity (Wildman–Crippen MR) is 70.0 cm³/mol. The molecule has 0 aliphatic carbocycles. The lowest BCUT2D eigenvalue weighted by atomic mass is 10.4. The van der Waals surface area contributed by atoms with E-state index in [9.17, 15) is 0 Å². The topological polar surface area (TPSA) is 42.7 Å². The first-order valence-electron chi connectivity index (χ1n) is 5.98. The van der Waals surface area contributed by atoms with Crippen molar-refractivity contribution in [3.05, 3.63) is 34.8 Å². The van der Waals surface area contributed by atoms with Crippen molar-refractivity contribution < 1.29 is 0 Å². The van der Waals surface area contributed by atoms with Crippen molar-refractivity contribution in [2.24, 2.45) is 0 Å². The first-order chi connectivity index (χ1) is 8.38. The van der Waals surface area contributed by atoms with Gasteiger partial charge < -0.3 is 9.88 Å². The van der Waals surface area contributed by atoms with E-state index in [-0.39, 0.29) is 0 Å². The maximum Gasteiger partial charge on any atom is 0.0945 e. The third-order valence-corrected chi connectivity index (χ3v) is 3.67. The minimum absolute atomic E-state index is 0.932. The summed E-state index contributed by atoms with van der Waals surface area (Å²) < 4.78 is 2.10. The molecule has 0 unspecified atom stereocenters. The lowest BCUT2D eigenvalue weighted by Crippen LogP contribution is -2.15. The molecule has 2 aromatic rings. The molecule has 2 rings (SSSR count). The zero-order valence-corrected chi connectivity index (χ0v) is 10.9. The van der Waals surface area contributed by atoms with Gasteiger partial charge in [-0.25, -0.2) is 9.97 Å². The highest BCUT2D eigenvalue weighted by Crippen LogP contribution is 2.12. The summed E-state index contributed by atoms with van der Waals surface area (Å²) in [6, 6.07) is 0. The number of thiazole rings is 1. The Labute approximate surface area is 106 Å². The number of aryl methyl sites for hydroxylation is 2. The number of rotatable bonds is 7. The van der Waals surface area contributed by atoms with Gasteiger partial charge in [0.15, 0.2) is 0 Å². The number of nitrogens with zero attached hydrogens (tertiary/aromatic N) is 3. The van der Waals surface area contributed by atoms with E-state index in [0.717, 1.165) is 32.5 Å². The van der Waals surface area contributed by atoms with Gasteiger partial charge in [-0.1, -0.05) is 6.92 Å². The minimum Gasteiger partial charge on any atom is -0.337 e. The van der Waals surface area contributed by atoms with Crippen LogP contribution in [0.3, 0.4) is 0 Å². The summed E-state index contributed by atoms with van der Waals surface area (Å²) in [5.41, 5.74) is 0. The SMILES string of the molecule is CCc1ncc(CNCCCn2ccnc2)s1. The van der Waals surface area contributed by atoms with Crippen molar-refractivity contribution in [3.63, 3.8) is 0 Å². The fraction of sp³-hybridized carbons (Fsp3) is 0.500. The molecule has 0 aliphatic rings. The Balaban J connectivity index is 1.60. The molecule has 4 nitrogen and oxygen atoms in total. The van der Waals surface area contributed by atoms with Gasteiger partial charge in [0.05, 0.1) is 11.3 Å². The third kappa shape index (κ3) is 3.94. The molecule has 0 fully saturated rings. The monoisotopic (exact) mass is 250 g/mol. The van der Waals surface area contributed by atoms with E-state index < -0.39 is 0 Å². The minimum atomic E-state index is 0.932. The molecular weight excluding hydrogens is 232 g/mol. The van der Waals surface area contributed by atoms with Crippen molar-refractivity contribution >= 4 is 11.3 Å². The maximum atomic E-state index is 4.34. The summed E-state index contributed by atoms with van der Waals surface area (Å²) >= 11 is 1.80. The van der Waals surface area contributed by atoms with Gasteiger partial charge in [-0.2, -0.15) is 0 Å². The Morgan fingerprint density at radius 3 is 3.12 bits per heavy atom. The van der Waals surface area contributed by atoms with E-state index >= 15 is 0 Å². The zero-order chi connectivity index (χ0) is 11.9. The van der Waals surface area contributed by atoms with Crippen molar-refractivity contribution in [2.45, 2.75) is 32.9 Å². The molecule has 0 bridgehead atoms. The molecule has 0 spiro atoms. The van der Waals surface area contributed by atoms with Gasteiger partial charge in [0.25, 0.3) is 0 Å². The predicted octanol–water partition coefficient (Wildman–Crippen LogP) is 2.08. The summed E-state index contributed by atoms with van der Waals surface area (Å²) in [7, 11) is 0. The number of imidazole rings is 1. The van der Waals surface area contributed by atoms with Crippen LogP contribution in [-0.2, 0) is 19.5 Å². The quantitative estimate of drug-likeness (QED) is 0.765. The van der Waals surface area contributed by atoms with Crippen LogP contribution in [0.1, 0.15) is 23.2 Å². The van der Waals surface area contributed by atoms with Crippen LogP contribution in [0.5, 0.6) is 0 Å². The molecule has 1 N–H and O–H groups in total. The Hall–Kier alpha value is -1.20. The van der Waals surface area contributed by atoms with Gasteiger partial charge in [-0.3, -0.25) is 0 Å². The van der Waals surface area contributed by atoms with Gasteiger partial charge in [-0.05, 0) is 19.4 Å². The summed E-state index contributed by atoms with van der Waals surface area (Å²) in [6.45, 7) is 5.12. The van der Waals surface area contributed by atoms with Crippen molar-refractivity contribution in [3.8, 4) is 0 Å². The maximum absolute atomic E-state index is 4.34. The third-order valence-electron chi connectivity index (χ3n) is 2.53. The van der Waals surface area contributed by atoms with Gasteiger partial charge in [0.1, 0.15) is 0 Å². The van der Waals surface area contributed by atoms with E-state index in [1.807, 2.05) is 24.9 Å². The van der Waals surface area contributed by atoms with Crippen molar-refractivity contribution in [2.75, 3.05) is 6.54 Å². The first-order valence-corrected chi connectivity index (χ1v) is 6.80. The van der Waals surface area contributed by atoms with Crippen LogP contribution in [0.15, 0.2) is 24.9 Å². The van der Waals surface area contributed by atoms with Crippen molar-refractivity contribution in [1.82, 2.24) is 19.9 Å². The standard InChI is InChI=1S/C12H18N4S/c1-2-12-15-9-11(17-12)8-13-4-3-6-16-7-5-14-10-16/h5,7,9-10,13H,2-4,6,8H2,1H3. The number of hydrogen-bond acceptors (Lipinski definition) is 4. The van der Waals surface area contributed by atoms with Gasteiger partial charge in [-0.15, -0.1) is 11.3 Å². The first kappa shape index (κ1) is 12.3. The second kappa shape index (κ2) is 6.51. The van der Waals surface area contributed by atoms with Crippen LogP contribution in [0.4, 0.5) is 0 Å². The molecule has 0 aromatic carbocycles. The van der Waals surface area contributed by atoms with Gasteiger partial charge in [0, 0.05) is 36.6 Å². The average Bonchev–Trinajstić information content (AvgIpc) is 2.99. The highest BCUT2D eigenvalue weighted by molar-refractivity contribution is 7.11. The van der Waals surface area contributed by atoms with Crippen molar-refractivity contribution in [1.29, 1.82) is 0 Å². The Bertz CT molecular complexity index is 421. The lowest BCUT2D eigenvalue weighted by molar-refractivity contribution is 0.582. The summed E-state index contributed by atoms with van der Waals surface area (Å²) in [5, 5.41) is 4.66. The van der Waals surface area contributed by atoms with Crippen LogP contribution < -0.4 is 5.32 Å². The summed E-state index contributed by atoms with van der Waals surface area (Å²) in [6.07, 6.45) is 9.80. The van der Waals surface area contributed by atoms with Gasteiger partial charge in [0.2, 0.25) is 0 Å². The van der Waals surface area contributed by atoms with Crippen LogP contribution in [-0.4, -0.2) is 21.1 Å². The zero-order valence-electron chi connectivity index (χ0n) is 10.1. The number of hydrogen-bond donors (Lipinski definition) is 1. The molecule has 17 heavy (non-hydrogen) atoms. The Kier molecular flexibility index (Phi) is 4.70. The molecule has 0 aliphatic heterocycles. The van der Waals surface area contributed by atoms with Crippen LogP contribution in [0.25, 0.3) is 0 Å². The normalized spacial score (nSPS) is 10.9.